The molecule has 4 nitrogen and oxygen atoms in total. The van der Waals surface area contributed by atoms with Gasteiger partial charge in [-0.1, -0.05) is 17.8 Å². The van der Waals surface area contributed by atoms with Gasteiger partial charge in [-0.3, -0.25) is 4.79 Å². The molecule has 0 spiro atoms. The largest absolute Gasteiger partial charge is 0.355 e. The molecule has 0 fully saturated rings. The molecule has 2 aromatic rings. The average Bonchev–Trinajstić information content (AvgIpc) is 2.98. The summed E-state index contributed by atoms with van der Waals surface area (Å²) in [6, 6.07) is 8.11. The van der Waals surface area contributed by atoms with Gasteiger partial charge in [-0.2, -0.15) is 5.26 Å². The fourth-order valence-electron chi connectivity index (χ4n) is 2.01. The number of thiophene rings is 1. The molecule has 114 valence electrons. The minimum atomic E-state index is -0.0357. The first-order valence-corrected chi connectivity index (χ1v) is 8.77. The Kier molecular flexibility index (Phi) is 5.99. The van der Waals surface area contributed by atoms with Crippen molar-refractivity contribution in [1.82, 2.24) is 10.3 Å². The highest BCUT2D eigenvalue weighted by atomic mass is 32.2. The van der Waals surface area contributed by atoms with Crippen molar-refractivity contribution in [3.8, 4) is 6.07 Å². The number of nitrogens with one attached hydrogen (secondary N) is 1. The van der Waals surface area contributed by atoms with E-state index in [0.29, 0.717) is 17.1 Å². The second-order valence-electron chi connectivity index (χ2n) is 4.84. The van der Waals surface area contributed by atoms with Crippen LogP contribution in [0, 0.1) is 25.2 Å². The van der Waals surface area contributed by atoms with Crippen LogP contribution in [0.1, 0.15) is 21.7 Å². The van der Waals surface area contributed by atoms with Gasteiger partial charge in [-0.25, -0.2) is 4.98 Å². The number of hydrogen-bond acceptors (Lipinski definition) is 5. The Bertz CT molecular complexity index is 690. The number of amides is 1. The molecule has 2 heterocycles. The molecule has 1 N–H and O–H groups in total. The van der Waals surface area contributed by atoms with E-state index in [-0.39, 0.29) is 11.7 Å². The summed E-state index contributed by atoms with van der Waals surface area (Å²) in [5.41, 5.74) is 2.31. The molecule has 0 atom stereocenters. The van der Waals surface area contributed by atoms with Gasteiger partial charge < -0.3 is 5.32 Å². The number of aryl methyl sites for hydroxylation is 2. The molecule has 22 heavy (non-hydrogen) atoms. The zero-order valence-electron chi connectivity index (χ0n) is 12.5. The lowest BCUT2D eigenvalue weighted by Crippen LogP contribution is -2.27. The van der Waals surface area contributed by atoms with Gasteiger partial charge in [0.15, 0.2) is 0 Å². The standard InChI is InChI=1S/C16H17N3OS2/c1-11-8-12(2)19-16(14(11)9-17)22-10-15(20)18-6-5-13-4-3-7-21-13/h3-4,7-8H,5-6,10H2,1-2H3,(H,18,20). The minimum Gasteiger partial charge on any atom is -0.355 e. The third-order valence-electron chi connectivity index (χ3n) is 3.04. The number of aromatic nitrogens is 1. The molecule has 2 aromatic heterocycles. The quantitative estimate of drug-likeness (QED) is 0.826. The predicted octanol–water partition coefficient (Wildman–Crippen LogP) is 3.08. The van der Waals surface area contributed by atoms with E-state index in [4.69, 9.17) is 0 Å². The van der Waals surface area contributed by atoms with Crippen LogP contribution in [0.15, 0.2) is 28.6 Å². The molecule has 2 rings (SSSR count). The van der Waals surface area contributed by atoms with Crippen molar-refractivity contribution in [3.63, 3.8) is 0 Å². The van der Waals surface area contributed by atoms with Gasteiger partial charge >= 0.3 is 0 Å². The maximum atomic E-state index is 11.9. The van der Waals surface area contributed by atoms with Crippen LogP contribution >= 0.6 is 23.1 Å². The highest BCUT2D eigenvalue weighted by Crippen LogP contribution is 2.23. The number of nitriles is 1. The van der Waals surface area contributed by atoms with Crippen LogP contribution in [0.4, 0.5) is 0 Å². The molecule has 0 saturated carbocycles. The average molecular weight is 331 g/mol. The molecule has 0 aliphatic rings. The third kappa shape index (κ3) is 4.58. The minimum absolute atomic E-state index is 0.0357. The molecule has 0 aliphatic heterocycles. The van der Waals surface area contributed by atoms with Crippen molar-refractivity contribution in [2.75, 3.05) is 12.3 Å². The fraction of sp³-hybridized carbons (Fsp3) is 0.312. The monoisotopic (exact) mass is 331 g/mol. The Labute approximate surface area is 138 Å². The van der Waals surface area contributed by atoms with Crippen molar-refractivity contribution in [1.29, 1.82) is 5.26 Å². The summed E-state index contributed by atoms with van der Waals surface area (Å²) in [6.07, 6.45) is 0.847. The van der Waals surface area contributed by atoms with Crippen molar-refractivity contribution in [3.05, 3.63) is 45.3 Å². The summed E-state index contributed by atoms with van der Waals surface area (Å²) in [4.78, 5) is 17.5. The first-order chi connectivity index (χ1) is 10.6. The van der Waals surface area contributed by atoms with Crippen molar-refractivity contribution >= 4 is 29.0 Å². The first-order valence-electron chi connectivity index (χ1n) is 6.90. The predicted molar refractivity (Wildman–Crippen MR) is 90.2 cm³/mol. The van der Waals surface area contributed by atoms with Crippen LogP contribution in [0.5, 0.6) is 0 Å². The van der Waals surface area contributed by atoms with E-state index in [1.807, 2.05) is 31.4 Å². The van der Waals surface area contributed by atoms with E-state index in [2.05, 4.69) is 22.4 Å². The maximum Gasteiger partial charge on any atom is 0.230 e. The first kappa shape index (κ1) is 16.5. The van der Waals surface area contributed by atoms with E-state index in [0.717, 1.165) is 17.7 Å². The summed E-state index contributed by atoms with van der Waals surface area (Å²) in [6.45, 7) is 4.41. The SMILES string of the molecule is Cc1cc(C)c(C#N)c(SCC(=O)NCCc2cccs2)n1. The van der Waals surface area contributed by atoms with Gasteiger partial charge in [0.05, 0.1) is 11.3 Å². The van der Waals surface area contributed by atoms with Crippen LogP contribution in [0.2, 0.25) is 0 Å². The van der Waals surface area contributed by atoms with Gasteiger partial charge in [0.1, 0.15) is 11.1 Å². The highest BCUT2D eigenvalue weighted by molar-refractivity contribution is 8.00. The zero-order chi connectivity index (χ0) is 15.9. The van der Waals surface area contributed by atoms with Crippen molar-refractivity contribution in [2.24, 2.45) is 0 Å². The topological polar surface area (TPSA) is 65.8 Å². The molecule has 0 aliphatic carbocycles. The molecule has 0 aromatic carbocycles. The van der Waals surface area contributed by atoms with E-state index in [1.165, 1.54) is 16.6 Å². The van der Waals surface area contributed by atoms with Gasteiger partial charge in [0, 0.05) is 17.1 Å². The number of hydrogen-bond donors (Lipinski definition) is 1. The lowest BCUT2D eigenvalue weighted by molar-refractivity contribution is -0.118. The van der Waals surface area contributed by atoms with E-state index < -0.39 is 0 Å². The Morgan fingerprint density at radius 1 is 1.50 bits per heavy atom. The molecule has 1 amide bonds. The van der Waals surface area contributed by atoms with Crippen molar-refractivity contribution < 1.29 is 4.79 Å². The Morgan fingerprint density at radius 2 is 2.32 bits per heavy atom. The maximum absolute atomic E-state index is 11.9. The van der Waals surface area contributed by atoms with Crippen LogP contribution in [0.3, 0.4) is 0 Å². The number of carbonyl (C=O) groups excluding carboxylic acids is 1. The molecule has 0 saturated heterocycles. The molecule has 6 heteroatoms. The van der Waals surface area contributed by atoms with Crippen LogP contribution in [0.25, 0.3) is 0 Å². The van der Waals surface area contributed by atoms with Crippen molar-refractivity contribution in [2.45, 2.75) is 25.3 Å². The zero-order valence-corrected chi connectivity index (χ0v) is 14.2. The Hall–Kier alpha value is -1.84. The number of carbonyl (C=O) groups is 1. The molecular formula is C16H17N3OS2. The molecular weight excluding hydrogens is 314 g/mol. The number of rotatable bonds is 6. The highest BCUT2D eigenvalue weighted by Gasteiger charge is 2.11. The third-order valence-corrected chi connectivity index (χ3v) is 4.95. The van der Waals surface area contributed by atoms with Gasteiger partial charge in [-0.15, -0.1) is 11.3 Å². The number of thioether (sulfide) groups is 1. The van der Waals surface area contributed by atoms with E-state index in [9.17, 15) is 10.1 Å². The van der Waals surface area contributed by atoms with Gasteiger partial charge in [0.2, 0.25) is 5.91 Å². The summed E-state index contributed by atoms with van der Waals surface area (Å²) in [7, 11) is 0. The fourth-order valence-corrected chi connectivity index (χ4v) is 3.65. The summed E-state index contributed by atoms with van der Waals surface area (Å²) in [5, 5.41) is 14.8. The normalized spacial score (nSPS) is 10.2. The van der Waals surface area contributed by atoms with Gasteiger partial charge in [-0.05, 0) is 43.3 Å². The van der Waals surface area contributed by atoms with Crippen LogP contribution in [-0.2, 0) is 11.2 Å². The molecule has 0 radical (unpaired) electrons. The second kappa shape index (κ2) is 7.97. The van der Waals surface area contributed by atoms with Gasteiger partial charge in [0.25, 0.3) is 0 Å². The smallest absolute Gasteiger partial charge is 0.230 e. The lowest BCUT2D eigenvalue weighted by atomic mass is 10.1. The molecule has 0 bridgehead atoms. The Morgan fingerprint density at radius 3 is 3.00 bits per heavy atom. The number of pyridine rings is 1. The summed E-state index contributed by atoms with van der Waals surface area (Å²) in [5.74, 6) is 0.237. The lowest BCUT2D eigenvalue weighted by Gasteiger charge is -2.07. The summed E-state index contributed by atoms with van der Waals surface area (Å²) >= 11 is 3.00. The summed E-state index contributed by atoms with van der Waals surface area (Å²) < 4.78 is 0. The van der Waals surface area contributed by atoms with E-state index in [1.54, 1.807) is 11.3 Å². The van der Waals surface area contributed by atoms with Crippen LogP contribution < -0.4 is 5.32 Å². The molecule has 0 unspecified atom stereocenters. The Balaban J connectivity index is 1.85. The second-order valence-corrected chi connectivity index (χ2v) is 6.84. The van der Waals surface area contributed by atoms with E-state index >= 15 is 0 Å². The van der Waals surface area contributed by atoms with Crippen LogP contribution in [-0.4, -0.2) is 23.2 Å². The number of nitrogens with zero attached hydrogens (tertiary/aromatic N) is 2.